The van der Waals surface area contributed by atoms with Gasteiger partial charge in [0, 0.05) is 0 Å². The lowest BCUT2D eigenvalue weighted by Crippen LogP contribution is -2.44. The van der Waals surface area contributed by atoms with Gasteiger partial charge in [-0.25, -0.2) is 8.42 Å². The van der Waals surface area contributed by atoms with Crippen molar-refractivity contribution in [3.05, 3.63) is 48.5 Å². The molecule has 2 rings (SSSR count). The van der Waals surface area contributed by atoms with E-state index < -0.39 is 22.0 Å². The first-order valence-corrected chi connectivity index (χ1v) is 8.83. The monoisotopic (exact) mass is 349 g/mol. The molecule has 0 aliphatic heterocycles. The van der Waals surface area contributed by atoms with E-state index in [4.69, 9.17) is 5.11 Å². The summed E-state index contributed by atoms with van der Waals surface area (Å²) < 4.78 is 26.9. The summed E-state index contributed by atoms with van der Waals surface area (Å²) in [7, 11) is -3.93. The third-order valence-corrected chi connectivity index (χ3v) is 5.04. The van der Waals surface area contributed by atoms with Gasteiger partial charge in [0.05, 0.1) is 4.90 Å². The van der Waals surface area contributed by atoms with Gasteiger partial charge in [0.2, 0.25) is 10.0 Å². The predicted molar refractivity (Wildman–Crippen MR) is 90.1 cm³/mol. The van der Waals surface area contributed by atoms with Crippen LogP contribution < -0.4 is 4.72 Å². The summed E-state index contributed by atoms with van der Waals surface area (Å²) >= 11 is 0. The van der Waals surface area contributed by atoms with Crippen LogP contribution >= 0.6 is 0 Å². The highest BCUT2D eigenvalue weighted by Crippen LogP contribution is 2.23. The highest BCUT2D eigenvalue weighted by atomic mass is 32.2. The van der Waals surface area contributed by atoms with Gasteiger partial charge in [-0.15, -0.1) is 0 Å². The summed E-state index contributed by atoms with van der Waals surface area (Å²) in [6.07, 6.45) is 0. The number of sulfonamides is 1. The lowest BCUT2D eigenvalue weighted by atomic mass is 10.1. The van der Waals surface area contributed by atoms with Gasteiger partial charge < -0.3 is 10.2 Å². The fourth-order valence-electron chi connectivity index (χ4n) is 2.19. The van der Waals surface area contributed by atoms with E-state index in [9.17, 15) is 18.3 Å². The average Bonchev–Trinajstić information content (AvgIpc) is 2.53. The van der Waals surface area contributed by atoms with Gasteiger partial charge in [0.1, 0.15) is 11.8 Å². The van der Waals surface area contributed by atoms with Crippen LogP contribution in [0, 0.1) is 5.92 Å². The zero-order valence-corrected chi connectivity index (χ0v) is 14.1. The van der Waals surface area contributed by atoms with E-state index >= 15 is 0 Å². The molecule has 0 aromatic heterocycles. The van der Waals surface area contributed by atoms with Crippen LogP contribution in [0.4, 0.5) is 0 Å². The molecule has 24 heavy (non-hydrogen) atoms. The van der Waals surface area contributed by atoms with Crippen LogP contribution in [0.5, 0.6) is 5.75 Å². The van der Waals surface area contributed by atoms with Gasteiger partial charge in [-0.2, -0.15) is 4.72 Å². The molecule has 0 aliphatic rings. The maximum Gasteiger partial charge on any atom is 0.322 e. The minimum Gasteiger partial charge on any atom is -0.508 e. The molecule has 128 valence electrons. The van der Waals surface area contributed by atoms with Gasteiger partial charge in [0.15, 0.2) is 0 Å². The number of carboxylic acids is 1. The lowest BCUT2D eigenvalue weighted by Gasteiger charge is -2.18. The third-order valence-electron chi connectivity index (χ3n) is 3.58. The number of carboxylic acid groups (broad SMARTS) is 1. The number of rotatable bonds is 6. The average molecular weight is 349 g/mol. The van der Waals surface area contributed by atoms with E-state index in [2.05, 4.69) is 4.72 Å². The van der Waals surface area contributed by atoms with Crippen LogP contribution in [0.25, 0.3) is 11.1 Å². The summed E-state index contributed by atoms with van der Waals surface area (Å²) in [5.74, 6) is -1.45. The van der Waals surface area contributed by atoms with Crippen molar-refractivity contribution in [3.8, 4) is 16.9 Å². The number of hydrogen-bond acceptors (Lipinski definition) is 4. The number of carbonyl (C=O) groups is 1. The second-order valence-electron chi connectivity index (χ2n) is 5.75. The van der Waals surface area contributed by atoms with E-state index in [0.29, 0.717) is 0 Å². The summed E-state index contributed by atoms with van der Waals surface area (Å²) in [4.78, 5) is 11.2. The fraction of sp³-hybridized carbons (Fsp3) is 0.235. The number of benzene rings is 2. The SMILES string of the molecule is CC(C)[C@@H](NS(=O)(=O)c1ccc(-c2ccc(O)cc2)cc1)C(=O)O. The Kier molecular flexibility index (Phi) is 5.26. The van der Waals surface area contributed by atoms with E-state index in [1.807, 2.05) is 0 Å². The van der Waals surface area contributed by atoms with E-state index in [1.165, 1.54) is 12.1 Å². The number of phenols is 1. The molecule has 0 fully saturated rings. The van der Waals surface area contributed by atoms with Crippen molar-refractivity contribution >= 4 is 16.0 Å². The number of nitrogens with one attached hydrogen (secondary N) is 1. The zero-order chi connectivity index (χ0) is 17.9. The Labute approximate surface area is 140 Å². The Hall–Kier alpha value is -2.38. The number of aromatic hydroxyl groups is 1. The van der Waals surface area contributed by atoms with Crippen molar-refractivity contribution in [2.75, 3.05) is 0 Å². The molecule has 0 aliphatic carbocycles. The molecule has 0 saturated heterocycles. The van der Waals surface area contributed by atoms with Crippen molar-refractivity contribution in [1.29, 1.82) is 0 Å². The fourth-order valence-corrected chi connectivity index (χ4v) is 3.53. The van der Waals surface area contributed by atoms with Gasteiger partial charge in [-0.3, -0.25) is 4.79 Å². The Bertz CT molecular complexity index is 811. The molecular weight excluding hydrogens is 330 g/mol. The normalized spacial score (nSPS) is 13.0. The summed E-state index contributed by atoms with van der Waals surface area (Å²) in [6, 6.07) is 11.4. The quantitative estimate of drug-likeness (QED) is 0.743. The largest absolute Gasteiger partial charge is 0.508 e. The van der Waals surface area contributed by atoms with Crippen molar-refractivity contribution < 1.29 is 23.4 Å². The maximum absolute atomic E-state index is 12.3. The van der Waals surface area contributed by atoms with Crippen LogP contribution in [0.3, 0.4) is 0 Å². The molecule has 0 unspecified atom stereocenters. The highest BCUT2D eigenvalue weighted by molar-refractivity contribution is 7.89. The zero-order valence-electron chi connectivity index (χ0n) is 13.3. The summed E-state index contributed by atoms with van der Waals surface area (Å²) in [6.45, 7) is 3.27. The standard InChI is InChI=1S/C17H19NO5S/c1-11(2)16(17(20)21)18-24(22,23)15-9-5-13(6-10-15)12-3-7-14(19)8-4-12/h3-11,16,18-19H,1-2H3,(H,20,21)/t16-/m1/s1. The van der Waals surface area contributed by atoms with Crippen molar-refractivity contribution in [3.63, 3.8) is 0 Å². The van der Waals surface area contributed by atoms with Crippen molar-refractivity contribution in [2.45, 2.75) is 24.8 Å². The molecule has 2 aromatic carbocycles. The van der Waals surface area contributed by atoms with E-state index in [-0.39, 0.29) is 16.6 Å². The first-order chi connectivity index (χ1) is 11.2. The van der Waals surface area contributed by atoms with E-state index in [1.54, 1.807) is 50.2 Å². The molecule has 0 saturated carbocycles. The van der Waals surface area contributed by atoms with Crippen molar-refractivity contribution in [1.82, 2.24) is 4.72 Å². The molecule has 0 bridgehead atoms. The first-order valence-electron chi connectivity index (χ1n) is 7.35. The molecule has 0 heterocycles. The Balaban J connectivity index is 2.26. The van der Waals surface area contributed by atoms with Crippen LogP contribution in [-0.4, -0.2) is 30.6 Å². The molecule has 3 N–H and O–H groups in total. The number of aliphatic carboxylic acids is 1. The van der Waals surface area contributed by atoms with Crippen LogP contribution in [-0.2, 0) is 14.8 Å². The van der Waals surface area contributed by atoms with Gasteiger partial charge in [0.25, 0.3) is 0 Å². The van der Waals surface area contributed by atoms with Crippen molar-refractivity contribution in [2.24, 2.45) is 5.92 Å². The molecule has 2 aromatic rings. The molecule has 0 radical (unpaired) electrons. The molecule has 0 amide bonds. The number of phenolic OH excluding ortho intramolecular Hbond substituents is 1. The minimum atomic E-state index is -3.93. The predicted octanol–water partition coefficient (Wildman–Crippen LogP) is 2.45. The van der Waals surface area contributed by atoms with Gasteiger partial charge >= 0.3 is 5.97 Å². The summed E-state index contributed by atoms with van der Waals surface area (Å²) in [5, 5.41) is 18.4. The first kappa shape index (κ1) is 18.0. The second kappa shape index (κ2) is 7.02. The molecular formula is C17H19NO5S. The second-order valence-corrected chi connectivity index (χ2v) is 7.47. The molecule has 6 nitrogen and oxygen atoms in total. The molecule has 7 heteroatoms. The summed E-state index contributed by atoms with van der Waals surface area (Å²) in [5.41, 5.74) is 1.61. The third kappa shape index (κ3) is 4.12. The Morgan fingerprint density at radius 1 is 0.958 bits per heavy atom. The van der Waals surface area contributed by atoms with E-state index in [0.717, 1.165) is 11.1 Å². The Morgan fingerprint density at radius 2 is 1.42 bits per heavy atom. The van der Waals surface area contributed by atoms with Crippen LogP contribution in [0.15, 0.2) is 53.4 Å². The minimum absolute atomic E-state index is 0.00284. The maximum atomic E-state index is 12.3. The Morgan fingerprint density at radius 3 is 1.83 bits per heavy atom. The molecule has 0 spiro atoms. The topological polar surface area (TPSA) is 104 Å². The lowest BCUT2D eigenvalue weighted by molar-refractivity contribution is -0.140. The highest BCUT2D eigenvalue weighted by Gasteiger charge is 2.27. The smallest absolute Gasteiger partial charge is 0.322 e. The van der Waals surface area contributed by atoms with Crippen LogP contribution in [0.1, 0.15) is 13.8 Å². The number of hydrogen-bond donors (Lipinski definition) is 3. The van der Waals surface area contributed by atoms with Gasteiger partial charge in [-0.05, 0) is 41.3 Å². The molecule has 1 atom stereocenters. The van der Waals surface area contributed by atoms with Gasteiger partial charge in [-0.1, -0.05) is 38.1 Å². The van der Waals surface area contributed by atoms with Crippen LogP contribution in [0.2, 0.25) is 0 Å².